The molecule has 5 rings (SSSR count). The van der Waals surface area contributed by atoms with Crippen LogP contribution in [0.3, 0.4) is 0 Å². The van der Waals surface area contributed by atoms with Crippen LogP contribution in [0.4, 0.5) is 5.69 Å². The van der Waals surface area contributed by atoms with E-state index in [1.54, 1.807) is 22.9 Å². The second-order valence-corrected chi connectivity index (χ2v) is 8.77. The molecule has 1 aliphatic rings. The monoisotopic (exact) mass is 470 g/mol. The van der Waals surface area contributed by atoms with Gasteiger partial charge in [0.15, 0.2) is 17.3 Å². The number of nitrogens with one attached hydrogen (secondary N) is 1. The molecule has 3 aromatic carbocycles. The molecule has 0 bridgehead atoms. The molecule has 1 amide bonds. The summed E-state index contributed by atoms with van der Waals surface area (Å²) in [5, 5.41) is 7.51. The number of fused-ring (bicyclic) bond motifs is 1. The number of hydrogen-bond donors (Lipinski definition) is 1. The Morgan fingerprint density at radius 3 is 2.51 bits per heavy atom. The third-order valence-electron chi connectivity index (χ3n) is 5.45. The molecule has 0 saturated carbocycles. The van der Waals surface area contributed by atoms with Crippen molar-refractivity contribution in [2.75, 3.05) is 18.7 Å². The molecule has 0 fully saturated rings. The summed E-state index contributed by atoms with van der Waals surface area (Å²) in [6, 6.07) is 21.0. The molecule has 0 spiro atoms. The second kappa shape index (κ2) is 9.50. The summed E-state index contributed by atoms with van der Waals surface area (Å²) in [6.45, 7) is 6.90. The maximum atomic E-state index is 12.7. The van der Waals surface area contributed by atoms with E-state index < -0.39 is 0 Å². The lowest BCUT2D eigenvalue weighted by Crippen LogP contribution is -2.12. The Hall–Kier alpha value is -4.33. The topological polar surface area (TPSA) is 87.5 Å². The number of benzene rings is 3. The molecule has 0 saturated heterocycles. The van der Waals surface area contributed by atoms with Gasteiger partial charge in [-0.3, -0.25) is 4.79 Å². The van der Waals surface area contributed by atoms with Crippen molar-refractivity contribution in [3.05, 3.63) is 77.9 Å². The minimum Gasteiger partial charge on any atom is -0.462 e. The molecule has 1 N–H and O–H groups in total. The highest BCUT2D eigenvalue weighted by Crippen LogP contribution is 2.32. The van der Waals surface area contributed by atoms with E-state index in [9.17, 15) is 4.79 Å². The summed E-state index contributed by atoms with van der Waals surface area (Å²) >= 11 is 0. The molecule has 178 valence electrons. The third kappa shape index (κ3) is 4.96. The quantitative estimate of drug-likeness (QED) is 0.397. The Kier molecular flexibility index (Phi) is 6.10. The first kappa shape index (κ1) is 22.5. The molecular weight excluding hydrogens is 444 g/mol. The van der Waals surface area contributed by atoms with E-state index in [2.05, 4.69) is 29.2 Å². The first-order valence-corrected chi connectivity index (χ1v) is 11.4. The van der Waals surface area contributed by atoms with Gasteiger partial charge in [0, 0.05) is 16.8 Å². The Balaban J connectivity index is 1.38. The molecule has 1 aliphatic heterocycles. The van der Waals surface area contributed by atoms with Crippen LogP contribution in [0.2, 0.25) is 0 Å². The van der Waals surface area contributed by atoms with E-state index in [4.69, 9.17) is 14.2 Å². The second-order valence-electron chi connectivity index (χ2n) is 8.77. The first-order valence-electron chi connectivity index (χ1n) is 11.4. The van der Waals surface area contributed by atoms with Gasteiger partial charge >= 0.3 is 6.01 Å². The maximum absolute atomic E-state index is 12.7. The Labute approximate surface area is 203 Å². The molecule has 0 aliphatic carbocycles. The summed E-state index contributed by atoms with van der Waals surface area (Å²) in [5.74, 6) is 2.01. The highest BCUT2D eigenvalue weighted by Gasteiger charge is 2.18. The van der Waals surface area contributed by atoms with Gasteiger partial charge in [-0.05, 0) is 55.3 Å². The number of ether oxygens (including phenoxy) is 3. The van der Waals surface area contributed by atoms with Gasteiger partial charge in [0.05, 0.1) is 12.3 Å². The minimum atomic E-state index is -0.235. The first-order chi connectivity index (χ1) is 17.0. The van der Waals surface area contributed by atoms with Crippen LogP contribution in [0, 0.1) is 12.8 Å². The lowest BCUT2D eigenvalue weighted by Gasteiger charge is -2.09. The van der Waals surface area contributed by atoms with E-state index in [-0.39, 0.29) is 12.7 Å². The van der Waals surface area contributed by atoms with E-state index >= 15 is 0 Å². The predicted octanol–water partition coefficient (Wildman–Crippen LogP) is 5.26. The largest absolute Gasteiger partial charge is 0.462 e. The molecule has 0 unspecified atom stereocenters. The number of carbonyl (C=O) groups excluding carboxylic acids is 1. The molecule has 0 atom stereocenters. The number of rotatable bonds is 7. The Morgan fingerprint density at radius 2 is 1.77 bits per heavy atom. The molecular formula is C27H26N4O4. The average Bonchev–Trinajstić information content (AvgIpc) is 3.50. The minimum absolute atomic E-state index is 0.166. The number of carbonyl (C=O) groups is 1. The lowest BCUT2D eigenvalue weighted by molar-refractivity contribution is 0.102. The van der Waals surface area contributed by atoms with Gasteiger partial charge in [-0.15, -0.1) is 5.10 Å². The highest BCUT2D eigenvalue weighted by molar-refractivity contribution is 6.04. The van der Waals surface area contributed by atoms with Crippen LogP contribution in [0.25, 0.3) is 17.1 Å². The van der Waals surface area contributed by atoms with Gasteiger partial charge in [-0.1, -0.05) is 43.7 Å². The van der Waals surface area contributed by atoms with Crippen molar-refractivity contribution in [2.45, 2.75) is 20.8 Å². The van der Waals surface area contributed by atoms with Crippen LogP contribution in [0.5, 0.6) is 17.5 Å². The molecule has 0 radical (unpaired) electrons. The smallest absolute Gasteiger partial charge is 0.336 e. The van der Waals surface area contributed by atoms with Gasteiger partial charge in [0.25, 0.3) is 5.91 Å². The number of aromatic nitrogens is 3. The normalized spacial score (nSPS) is 12.1. The fourth-order valence-electron chi connectivity index (χ4n) is 3.59. The summed E-state index contributed by atoms with van der Waals surface area (Å²) in [7, 11) is 0. The van der Waals surface area contributed by atoms with Crippen LogP contribution in [0.1, 0.15) is 29.8 Å². The molecule has 35 heavy (non-hydrogen) atoms. The maximum Gasteiger partial charge on any atom is 0.336 e. The van der Waals surface area contributed by atoms with Crippen LogP contribution < -0.4 is 19.5 Å². The van der Waals surface area contributed by atoms with Crippen LogP contribution in [0.15, 0.2) is 66.7 Å². The van der Waals surface area contributed by atoms with Gasteiger partial charge in [0.1, 0.15) is 0 Å². The highest BCUT2D eigenvalue weighted by atomic mass is 16.7. The van der Waals surface area contributed by atoms with Crippen molar-refractivity contribution in [2.24, 2.45) is 5.92 Å². The zero-order valence-electron chi connectivity index (χ0n) is 19.8. The van der Waals surface area contributed by atoms with Crippen LogP contribution >= 0.6 is 0 Å². The average molecular weight is 471 g/mol. The number of hydrogen-bond acceptors (Lipinski definition) is 6. The summed E-state index contributed by atoms with van der Waals surface area (Å²) < 4.78 is 18.2. The predicted molar refractivity (Wildman–Crippen MR) is 132 cm³/mol. The molecule has 8 heteroatoms. The summed E-state index contributed by atoms with van der Waals surface area (Å²) in [6.07, 6.45) is 0. The number of anilines is 1. The third-order valence-corrected chi connectivity index (χ3v) is 5.45. The summed E-state index contributed by atoms with van der Waals surface area (Å²) in [5.41, 5.74) is 4.04. The van der Waals surface area contributed by atoms with Gasteiger partial charge in [-0.25, -0.2) is 4.68 Å². The van der Waals surface area contributed by atoms with Crippen LogP contribution in [-0.4, -0.2) is 34.1 Å². The molecule has 1 aromatic heterocycles. The fraction of sp³-hybridized carbons (Fsp3) is 0.222. The van der Waals surface area contributed by atoms with Gasteiger partial charge in [0.2, 0.25) is 6.79 Å². The number of nitrogens with zero attached hydrogens (tertiary/aromatic N) is 3. The fourth-order valence-corrected chi connectivity index (χ4v) is 3.59. The van der Waals surface area contributed by atoms with E-state index in [1.807, 2.05) is 55.5 Å². The molecule has 2 heterocycles. The number of amides is 1. The van der Waals surface area contributed by atoms with Crippen molar-refractivity contribution in [1.82, 2.24) is 14.8 Å². The van der Waals surface area contributed by atoms with Crippen molar-refractivity contribution in [3.63, 3.8) is 0 Å². The van der Waals surface area contributed by atoms with Crippen molar-refractivity contribution in [3.8, 4) is 34.6 Å². The van der Waals surface area contributed by atoms with Crippen molar-refractivity contribution >= 4 is 11.6 Å². The lowest BCUT2D eigenvalue weighted by atomic mass is 10.1. The number of aryl methyl sites for hydroxylation is 1. The van der Waals surface area contributed by atoms with E-state index in [0.29, 0.717) is 47.1 Å². The van der Waals surface area contributed by atoms with Gasteiger partial charge < -0.3 is 19.5 Å². The van der Waals surface area contributed by atoms with Crippen LogP contribution in [-0.2, 0) is 0 Å². The van der Waals surface area contributed by atoms with Crippen molar-refractivity contribution < 1.29 is 19.0 Å². The zero-order chi connectivity index (χ0) is 24.4. The van der Waals surface area contributed by atoms with Gasteiger partial charge in [-0.2, -0.15) is 4.98 Å². The molecule has 8 nitrogen and oxygen atoms in total. The van der Waals surface area contributed by atoms with Crippen molar-refractivity contribution in [1.29, 1.82) is 0 Å². The standard InChI is InChI=1S/C27H26N4O4/c1-17(2)15-33-27-29-25(19-6-4-18(3)5-7-19)31(30-27)22-11-9-21(10-12-22)28-26(32)20-8-13-23-24(14-20)35-16-34-23/h4-14,17H,15-16H2,1-3H3,(H,28,32). The SMILES string of the molecule is Cc1ccc(-c2nc(OCC(C)C)nn2-c2ccc(NC(=O)c3ccc4c(c3)OCO4)cc2)cc1. The Bertz CT molecular complexity index is 1340. The van der Waals surface area contributed by atoms with E-state index in [0.717, 1.165) is 11.3 Å². The van der Waals surface area contributed by atoms with E-state index in [1.165, 1.54) is 5.56 Å². The Morgan fingerprint density at radius 1 is 1.03 bits per heavy atom. The zero-order valence-corrected chi connectivity index (χ0v) is 19.8. The molecule has 4 aromatic rings. The summed E-state index contributed by atoms with van der Waals surface area (Å²) in [4.78, 5) is 17.3.